The number of aryl methyl sites for hydroxylation is 1. The minimum Gasteiger partial charge on any atom is -0.331 e. The minimum absolute atomic E-state index is 0.215. The second kappa shape index (κ2) is 6.08. The van der Waals surface area contributed by atoms with Gasteiger partial charge in [-0.1, -0.05) is 0 Å². The van der Waals surface area contributed by atoms with Crippen LogP contribution in [0.2, 0.25) is 0 Å². The van der Waals surface area contributed by atoms with E-state index in [9.17, 15) is 9.00 Å². The van der Waals surface area contributed by atoms with Crippen molar-refractivity contribution >= 4 is 27.6 Å². The molecule has 0 amide bonds. The predicted octanol–water partition coefficient (Wildman–Crippen LogP) is 4.02. The Balaban J connectivity index is 1.75. The third kappa shape index (κ3) is 2.65. The molecule has 1 atom stereocenters. The number of H-pyrrole nitrogens is 1. The van der Waals surface area contributed by atoms with Gasteiger partial charge in [0, 0.05) is 17.0 Å². The predicted molar refractivity (Wildman–Crippen MR) is 111 cm³/mol. The van der Waals surface area contributed by atoms with Crippen LogP contribution in [0.25, 0.3) is 11.0 Å². The standard InChI is InChI=1S/C22H25N3O2S/c1-12-7-8-23-18(13(12)2)11-28(27)20-24-16-9-14-15(10-17(16)25-20)22(5,6)19(26)21(14,3)4/h7-10H,11H2,1-6H3,(H,24,25). The fourth-order valence-electron chi connectivity index (χ4n) is 4.23. The number of pyridine rings is 1. The molecule has 4 rings (SSSR count). The van der Waals surface area contributed by atoms with Crippen LogP contribution < -0.4 is 0 Å². The Bertz CT molecular complexity index is 1100. The minimum atomic E-state index is -1.32. The molecule has 0 spiro atoms. The first-order valence-electron chi connectivity index (χ1n) is 9.42. The first-order valence-corrected chi connectivity index (χ1v) is 10.7. The zero-order valence-electron chi connectivity index (χ0n) is 17.1. The summed E-state index contributed by atoms with van der Waals surface area (Å²) in [5.41, 5.74) is 5.53. The zero-order chi connectivity index (χ0) is 20.4. The molecule has 0 aliphatic heterocycles. The lowest BCUT2D eigenvalue weighted by molar-refractivity contribution is -0.126. The summed E-state index contributed by atoms with van der Waals surface area (Å²) in [4.78, 5) is 25.0. The van der Waals surface area contributed by atoms with Crippen LogP contribution in [0.15, 0.2) is 29.6 Å². The van der Waals surface area contributed by atoms with Gasteiger partial charge in [0.25, 0.3) is 0 Å². The summed E-state index contributed by atoms with van der Waals surface area (Å²) in [6.45, 7) is 11.9. The molecule has 28 heavy (non-hydrogen) atoms. The summed E-state index contributed by atoms with van der Waals surface area (Å²) in [6, 6.07) is 5.93. The maximum Gasteiger partial charge on any atom is 0.197 e. The molecule has 1 aliphatic rings. The highest BCUT2D eigenvalue weighted by Gasteiger charge is 2.50. The Hall–Kier alpha value is -2.34. The molecule has 0 saturated heterocycles. The van der Waals surface area contributed by atoms with E-state index in [-0.39, 0.29) is 5.78 Å². The van der Waals surface area contributed by atoms with Crippen molar-refractivity contribution in [2.75, 3.05) is 0 Å². The van der Waals surface area contributed by atoms with Gasteiger partial charge in [-0.15, -0.1) is 0 Å². The van der Waals surface area contributed by atoms with Crippen LogP contribution in [0.1, 0.15) is 55.6 Å². The number of benzene rings is 1. The van der Waals surface area contributed by atoms with Gasteiger partial charge in [-0.3, -0.25) is 14.0 Å². The number of hydrogen-bond donors (Lipinski definition) is 1. The van der Waals surface area contributed by atoms with Gasteiger partial charge in [0.2, 0.25) is 0 Å². The quantitative estimate of drug-likeness (QED) is 0.727. The average molecular weight is 396 g/mol. The monoisotopic (exact) mass is 395 g/mol. The molecule has 1 aliphatic carbocycles. The van der Waals surface area contributed by atoms with E-state index in [0.717, 1.165) is 39.0 Å². The largest absolute Gasteiger partial charge is 0.331 e. The summed E-state index contributed by atoms with van der Waals surface area (Å²) in [5.74, 6) is 0.537. The summed E-state index contributed by atoms with van der Waals surface area (Å²) in [5, 5.41) is 0.448. The number of nitrogens with one attached hydrogen (secondary N) is 1. The van der Waals surface area contributed by atoms with Gasteiger partial charge < -0.3 is 4.98 Å². The van der Waals surface area contributed by atoms with Crippen molar-refractivity contribution in [2.45, 2.75) is 63.3 Å². The van der Waals surface area contributed by atoms with Crippen molar-refractivity contribution in [3.05, 3.63) is 52.3 Å². The molecular formula is C22H25N3O2S. The Labute approximate surface area is 167 Å². The number of hydrogen-bond acceptors (Lipinski definition) is 4. The molecule has 0 radical (unpaired) electrons. The van der Waals surface area contributed by atoms with Gasteiger partial charge in [-0.2, -0.15) is 0 Å². The number of nitrogens with zero attached hydrogens (tertiary/aromatic N) is 2. The number of rotatable bonds is 3. The molecule has 146 valence electrons. The Morgan fingerprint density at radius 3 is 2.39 bits per heavy atom. The molecule has 2 heterocycles. The highest BCUT2D eigenvalue weighted by Crippen LogP contribution is 2.47. The highest BCUT2D eigenvalue weighted by molar-refractivity contribution is 7.84. The van der Waals surface area contributed by atoms with Gasteiger partial charge in [0.1, 0.15) is 0 Å². The molecular weight excluding hydrogens is 370 g/mol. The number of aromatic nitrogens is 3. The Morgan fingerprint density at radius 2 is 1.71 bits per heavy atom. The lowest BCUT2D eigenvalue weighted by Crippen LogP contribution is -2.33. The fraction of sp³-hybridized carbons (Fsp3) is 0.409. The van der Waals surface area contributed by atoms with Gasteiger partial charge in [-0.05, 0) is 82.0 Å². The van der Waals surface area contributed by atoms with E-state index < -0.39 is 21.6 Å². The molecule has 0 fully saturated rings. The number of carbonyl (C=O) groups is 1. The van der Waals surface area contributed by atoms with E-state index in [1.54, 1.807) is 6.20 Å². The third-order valence-corrected chi connectivity index (χ3v) is 7.30. The molecule has 0 bridgehead atoms. The third-order valence-electron chi connectivity index (χ3n) is 6.14. The molecule has 0 saturated carbocycles. The molecule has 6 heteroatoms. The average Bonchev–Trinajstić information content (AvgIpc) is 3.11. The summed E-state index contributed by atoms with van der Waals surface area (Å²) < 4.78 is 12.9. The maximum absolute atomic E-state index is 12.9. The molecule has 1 unspecified atom stereocenters. The van der Waals surface area contributed by atoms with Crippen LogP contribution in [0.3, 0.4) is 0 Å². The molecule has 3 aromatic rings. The summed E-state index contributed by atoms with van der Waals surface area (Å²) in [7, 11) is -1.32. The van der Waals surface area contributed by atoms with Crippen LogP contribution in [0.5, 0.6) is 0 Å². The highest BCUT2D eigenvalue weighted by atomic mass is 32.2. The summed E-state index contributed by atoms with van der Waals surface area (Å²) in [6.07, 6.45) is 1.75. The van der Waals surface area contributed by atoms with Gasteiger partial charge in [0.05, 0.1) is 33.3 Å². The van der Waals surface area contributed by atoms with Crippen LogP contribution >= 0.6 is 0 Å². The first kappa shape index (κ1) is 19.0. The normalized spacial score (nSPS) is 18.4. The number of imidazole rings is 1. The Kier molecular flexibility index (Phi) is 4.12. The topological polar surface area (TPSA) is 75.7 Å². The number of ketones is 1. The van der Waals surface area contributed by atoms with Crippen molar-refractivity contribution in [3.8, 4) is 0 Å². The van der Waals surface area contributed by atoms with Crippen molar-refractivity contribution in [2.24, 2.45) is 0 Å². The number of Topliss-reactive ketones (excluding diaryl/α,β-unsaturated/α-hetero) is 1. The number of fused-ring (bicyclic) bond motifs is 2. The van der Waals surface area contributed by atoms with Gasteiger partial charge in [-0.25, -0.2) is 4.98 Å². The lowest BCUT2D eigenvalue weighted by atomic mass is 9.80. The fourth-order valence-corrected chi connectivity index (χ4v) is 5.33. The van der Waals surface area contributed by atoms with Crippen LogP contribution in [-0.2, 0) is 32.2 Å². The number of carbonyl (C=O) groups excluding carboxylic acids is 1. The van der Waals surface area contributed by atoms with E-state index in [0.29, 0.717) is 10.9 Å². The smallest absolute Gasteiger partial charge is 0.197 e. The maximum atomic E-state index is 12.9. The second-order valence-corrected chi connectivity index (χ2v) is 10.1. The van der Waals surface area contributed by atoms with Gasteiger partial charge in [0.15, 0.2) is 10.9 Å². The van der Waals surface area contributed by atoms with E-state index >= 15 is 0 Å². The molecule has 5 nitrogen and oxygen atoms in total. The van der Waals surface area contributed by atoms with E-state index in [4.69, 9.17) is 0 Å². The number of aromatic amines is 1. The van der Waals surface area contributed by atoms with Crippen molar-refractivity contribution in [1.29, 1.82) is 0 Å². The van der Waals surface area contributed by atoms with Crippen molar-refractivity contribution in [3.63, 3.8) is 0 Å². The van der Waals surface area contributed by atoms with Crippen molar-refractivity contribution in [1.82, 2.24) is 15.0 Å². The van der Waals surface area contributed by atoms with Crippen LogP contribution in [0, 0.1) is 13.8 Å². The second-order valence-electron chi connectivity index (χ2n) is 8.73. The van der Waals surface area contributed by atoms with Crippen molar-refractivity contribution < 1.29 is 9.00 Å². The molecule has 2 aromatic heterocycles. The molecule has 1 N–H and O–H groups in total. The Morgan fingerprint density at radius 1 is 1.07 bits per heavy atom. The van der Waals surface area contributed by atoms with Gasteiger partial charge >= 0.3 is 0 Å². The van der Waals surface area contributed by atoms with Crippen LogP contribution in [-0.4, -0.2) is 24.9 Å². The van der Waals surface area contributed by atoms with E-state index in [1.807, 2.05) is 59.7 Å². The zero-order valence-corrected chi connectivity index (χ0v) is 18.0. The summed E-state index contributed by atoms with van der Waals surface area (Å²) >= 11 is 0. The first-order chi connectivity index (χ1) is 13.0. The SMILES string of the molecule is Cc1ccnc(CS(=O)c2nc3cc4c(cc3[nH]2)C(C)(C)C(=O)C4(C)C)c1C. The molecule has 1 aromatic carbocycles. The van der Waals surface area contributed by atoms with E-state index in [1.165, 1.54) is 0 Å². The van der Waals surface area contributed by atoms with E-state index in [2.05, 4.69) is 15.0 Å². The lowest BCUT2D eigenvalue weighted by Gasteiger charge is -2.21. The van der Waals surface area contributed by atoms with Crippen LogP contribution in [0.4, 0.5) is 0 Å².